The fourth-order valence-electron chi connectivity index (χ4n) is 8.03. The number of pyridine rings is 2. The molecule has 2 N–H and O–H groups in total. The third-order valence-corrected chi connectivity index (χ3v) is 9.94. The zero-order valence-corrected chi connectivity index (χ0v) is 23.8. The molecule has 1 unspecified atom stereocenters. The van der Waals surface area contributed by atoms with Gasteiger partial charge in [-0.15, -0.1) is 0 Å². The SMILES string of the molecule is C=c1c2ccc3c4ccc5c6c(ccc(c7ccc(c(=O)n1-c1ccccc1N)c2c73)c46)c(=O)n1c2c(nc51)C=CCC2C. The molecule has 0 aliphatic heterocycles. The lowest BCUT2D eigenvalue weighted by Gasteiger charge is -2.20. The number of nitrogens with two attached hydrogens (primary N) is 1. The fourth-order valence-corrected chi connectivity index (χ4v) is 8.03. The number of fused-ring (bicyclic) bond motifs is 6. The van der Waals surface area contributed by atoms with E-state index in [4.69, 9.17) is 10.7 Å². The highest BCUT2D eigenvalue weighted by Crippen LogP contribution is 2.45. The molecular weight excluding hydrogens is 544 g/mol. The Bertz CT molecular complexity index is 2870. The van der Waals surface area contributed by atoms with Gasteiger partial charge in [0.05, 0.1) is 28.1 Å². The van der Waals surface area contributed by atoms with Gasteiger partial charge in [-0.05, 0) is 75.1 Å². The van der Waals surface area contributed by atoms with Crippen LogP contribution in [0.1, 0.15) is 30.7 Å². The first kappa shape index (κ1) is 23.8. The first-order valence-corrected chi connectivity index (χ1v) is 14.9. The summed E-state index contributed by atoms with van der Waals surface area (Å²) in [5.41, 5.74) is 9.88. The largest absolute Gasteiger partial charge is 0.397 e. The lowest BCUT2D eigenvalue weighted by Crippen LogP contribution is -2.32. The molecule has 1 aliphatic rings. The van der Waals surface area contributed by atoms with Crippen molar-refractivity contribution in [2.75, 3.05) is 5.73 Å². The number of nitrogen functional groups attached to an aromatic ring is 1. The van der Waals surface area contributed by atoms with E-state index >= 15 is 0 Å². The topological polar surface area (TPSA) is 82.4 Å². The molecule has 6 aromatic carbocycles. The van der Waals surface area contributed by atoms with Gasteiger partial charge in [-0.25, -0.2) is 4.98 Å². The summed E-state index contributed by atoms with van der Waals surface area (Å²) in [6, 6.07) is 23.8. The Morgan fingerprint density at radius 1 is 0.727 bits per heavy atom. The summed E-state index contributed by atoms with van der Waals surface area (Å²) >= 11 is 0. The Morgan fingerprint density at radius 2 is 1.27 bits per heavy atom. The average molecular weight is 569 g/mol. The zero-order valence-electron chi connectivity index (χ0n) is 23.8. The Labute approximate surface area is 249 Å². The molecule has 44 heavy (non-hydrogen) atoms. The van der Waals surface area contributed by atoms with Gasteiger partial charge in [0.1, 0.15) is 5.65 Å². The van der Waals surface area contributed by atoms with Crippen LogP contribution in [0.15, 0.2) is 88.5 Å². The molecule has 0 spiro atoms. The maximum absolute atomic E-state index is 14.2. The first-order valence-electron chi connectivity index (χ1n) is 14.9. The van der Waals surface area contributed by atoms with Crippen molar-refractivity contribution in [1.29, 1.82) is 0 Å². The minimum atomic E-state index is -0.148. The van der Waals surface area contributed by atoms with Crippen LogP contribution in [0.4, 0.5) is 5.69 Å². The van der Waals surface area contributed by atoms with Crippen LogP contribution in [0.5, 0.6) is 0 Å². The van der Waals surface area contributed by atoms with Gasteiger partial charge in [-0.2, -0.15) is 0 Å². The number of hydrogen-bond donors (Lipinski definition) is 1. The van der Waals surface area contributed by atoms with E-state index in [2.05, 4.69) is 49.9 Å². The average Bonchev–Trinajstić information content (AvgIpc) is 3.44. The number of benzene rings is 6. The second-order valence-corrected chi connectivity index (χ2v) is 12.2. The second kappa shape index (κ2) is 7.79. The van der Waals surface area contributed by atoms with Crippen molar-refractivity contribution in [2.45, 2.75) is 19.3 Å². The van der Waals surface area contributed by atoms with Crippen molar-refractivity contribution in [1.82, 2.24) is 14.0 Å². The molecule has 0 saturated heterocycles. The maximum Gasteiger partial charge on any atom is 0.264 e. The van der Waals surface area contributed by atoms with Crippen LogP contribution in [0.3, 0.4) is 0 Å². The molecule has 10 rings (SSSR count). The Hall–Kier alpha value is -5.75. The molecule has 0 fully saturated rings. The number of allylic oxidation sites excluding steroid dienone is 1. The highest BCUT2D eigenvalue weighted by Gasteiger charge is 2.26. The van der Waals surface area contributed by atoms with Crippen LogP contribution in [-0.2, 0) is 0 Å². The molecule has 208 valence electrons. The number of anilines is 1. The van der Waals surface area contributed by atoms with Crippen LogP contribution in [-0.4, -0.2) is 14.0 Å². The predicted molar refractivity (Wildman–Crippen MR) is 182 cm³/mol. The van der Waals surface area contributed by atoms with Crippen molar-refractivity contribution < 1.29 is 0 Å². The van der Waals surface area contributed by atoms with E-state index < -0.39 is 0 Å². The molecule has 3 heterocycles. The lowest BCUT2D eigenvalue weighted by atomic mass is 9.86. The molecule has 0 saturated carbocycles. The Kier molecular flexibility index (Phi) is 4.21. The number of nitrogens with zero attached hydrogens (tertiary/aromatic N) is 3. The smallest absolute Gasteiger partial charge is 0.264 e. The van der Waals surface area contributed by atoms with Crippen molar-refractivity contribution in [3.8, 4) is 5.69 Å². The number of imidazole rings is 1. The van der Waals surface area contributed by atoms with Gasteiger partial charge in [0.2, 0.25) is 0 Å². The van der Waals surface area contributed by atoms with E-state index in [0.29, 0.717) is 33.1 Å². The van der Waals surface area contributed by atoms with Crippen LogP contribution in [0, 0.1) is 0 Å². The quantitative estimate of drug-likeness (QED) is 0.133. The summed E-state index contributed by atoms with van der Waals surface area (Å²) in [5.74, 6) is 0.216. The molecule has 0 amide bonds. The van der Waals surface area contributed by atoms with Crippen molar-refractivity contribution in [3.63, 3.8) is 0 Å². The summed E-state index contributed by atoms with van der Waals surface area (Å²) in [4.78, 5) is 33.2. The van der Waals surface area contributed by atoms with Gasteiger partial charge < -0.3 is 5.73 Å². The number of hydrogen-bond acceptors (Lipinski definition) is 4. The molecule has 6 heteroatoms. The summed E-state index contributed by atoms with van der Waals surface area (Å²) in [6.45, 7) is 6.53. The zero-order chi connectivity index (χ0) is 29.6. The molecule has 0 bridgehead atoms. The van der Waals surface area contributed by atoms with E-state index in [9.17, 15) is 9.59 Å². The number of para-hydroxylation sites is 2. The molecular formula is C38H24N4O2. The van der Waals surface area contributed by atoms with E-state index in [-0.39, 0.29) is 17.0 Å². The van der Waals surface area contributed by atoms with E-state index in [1.54, 1.807) is 10.6 Å². The molecule has 9 aromatic rings. The first-order chi connectivity index (χ1) is 21.4. The molecule has 1 aliphatic carbocycles. The highest BCUT2D eigenvalue weighted by atomic mass is 16.1. The summed E-state index contributed by atoms with van der Waals surface area (Å²) in [5, 5.41) is 11.9. The third kappa shape index (κ3) is 2.61. The van der Waals surface area contributed by atoms with Gasteiger partial charge in [0.25, 0.3) is 11.1 Å². The molecule has 1 atom stereocenters. The summed E-state index contributed by atoms with van der Waals surface area (Å²) < 4.78 is 3.47. The van der Waals surface area contributed by atoms with E-state index in [1.807, 2.05) is 46.9 Å². The van der Waals surface area contributed by atoms with E-state index in [1.165, 1.54) is 0 Å². The van der Waals surface area contributed by atoms with Gasteiger partial charge in [-0.3, -0.25) is 18.6 Å². The second-order valence-electron chi connectivity index (χ2n) is 12.2. The van der Waals surface area contributed by atoms with Crippen molar-refractivity contribution in [3.05, 3.63) is 116 Å². The summed E-state index contributed by atoms with van der Waals surface area (Å²) in [6.07, 6.45) is 5.07. The van der Waals surface area contributed by atoms with Crippen LogP contribution < -0.4 is 22.2 Å². The minimum absolute atomic E-state index is 0.0229. The van der Waals surface area contributed by atoms with Gasteiger partial charge in [0.15, 0.2) is 0 Å². The van der Waals surface area contributed by atoms with Crippen molar-refractivity contribution in [2.24, 2.45) is 0 Å². The normalized spacial score (nSPS) is 15.3. The minimum Gasteiger partial charge on any atom is -0.397 e. The summed E-state index contributed by atoms with van der Waals surface area (Å²) in [7, 11) is 0. The fraction of sp³-hybridized carbons (Fsp3) is 0.0789. The van der Waals surface area contributed by atoms with Crippen LogP contribution in [0.2, 0.25) is 0 Å². The predicted octanol–water partition coefficient (Wildman–Crippen LogP) is 6.87. The van der Waals surface area contributed by atoms with Crippen LogP contribution in [0.25, 0.3) is 88.6 Å². The lowest BCUT2D eigenvalue weighted by molar-refractivity contribution is 0.727. The number of rotatable bonds is 1. The molecule has 6 nitrogen and oxygen atoms in total. The van der Waals surface area contributed by atoms with Crippen LogP contribution >= 0.6 is 0 Å². The molecule has 3 aromatic heterocycles. The Balaban J connectivity index is 1.40. The third-order valence-electron chi connectivity index (χ3n) is 9.94. The van der Waals surface area contributed by atoms with Gasteiger partial charge >= 0.3 is 0 Å². The van der Waals surface area contributed by atoms with E-state index in [0.717, 1.165) is 71.7 Å². The monoisotopic (exact) mass is 568 g/mol. The van der Waals surface area contributed by atoms with Gasteiger partial charge in [0, 0.05) is 38.2 Å². The molecule has 0 radical (unpaired) electrons. The van der Waals surface area contributed by atoms with Crippen molar-refractivity contribution >= 4 is 88.6 Å². The number of aromatic nitrogens is 3. The standard InChI is InChI=1S/C38H24N4O2/c1-18-6-5-8-29-35(18)42-36(40-29)25-15-12-22-21-11-10-20-19(2)41(30-9-4-3-7-28(30)39)37(43)26-16-13-23(32(21)31(20)26)24-14-17-27(38(42)44)34(25)33(22)24/h3-5,7-18H,2,6,39H2,1H3. The Morgan fingerprint density at radius 3 is 1.95 bits per heavy atom. The highest BCUT2D eigenvalue weighted by molar-refractivity contribution is 6.40. The maximum atomic E-state index is 14.2. The van der Waals surface area contributed by atoms with Gasteiger partial charge in [-0.1, -0.05) is 62.0 Å².